The van der Waals surface area contributed by atoms with Crippen molar-refractivity contribution in [2.75, 3.05) is 0 Å². The summed E-state index contributed by atoms with van der Waals surface area (Å²) in [7, 11) is 0. The van der Waals surface area contributed by atoms with Crippen LogP contribution in [0.15, 0.2) is 101 Å². The molecular formula is C25H17BrN4O. The lowest BCUT2D eigenvalue weighted by molar-refractivity contribution is 0.367. The number of hydrogen-bond acceptors (Lipinski definition) is 4. The second kappa shape index (κ2) is 7.78. The van der Waals surface area contributed by atoms with Crippen molar-refractivity contribution in [3.05, 3.63) is 112 Å². The van der Waals surface area contributed by atoms with E-state index in [1.807, 2.05) is 84.9 Å². The standard InChI is InChI=1S/C25H17BrN4O/c26-18-13-11-16(12-14-18)21-20(15-27)24(28)31-25-22(21)23(17-7-3-1-4-8-17)29-30(25)19-9-5-2-6-10-19/h1-14,21H,28H2/t21-/m1/s1. The molecule has 6 heteroatoms. The number of fused-ring (bicyclic) bond motifs is 1. The maximum atomic E-state index is 9.95. The van der Waals surface area contributed by atoms with Crippen molar-refractivity contribution in [3.63, 3.8) is 0 Å². The average molecular weight is 469 g/mol. The Labute approximate surface area is 188 Å². The molecule has 1 atom stereocenters. The Hall–Kier alpha value is -3.82. The topological polar surface area (TPSA) is 76.9 Å². The van der Waals surface area contributed by atoms with Gasteiger partial charge in [-0.3, -0.25) is 0 Å². The summed E-state index contributed by atoms with van der Waals surface area (Å²) in [6.07, 6.45) is 0. The van der Waals surface area contributed by atoms with Crippen LogP contribution in [-0.4, -0.2) is 9.78 Å². The fourth-order valence-corrected chi connectivity index (χ4v) is 4.14. The third kappa shape index (κ3) is 3.29. The summed E-state index contributed by atoms with van der Waals surface area (Å²) in [5.74, 6) is 0.226. The number of nitrogens with zero attached hydrogens (tertiary/aromatic N) is 3. The largest absolute Gasteiger partial charge is 0.422 e. The monoisotopic (exact) mass is 468 g/mol. The van der Waals surface area contributed by atoms with Crippen molar-refractivity contribution >= 4 is 15.9 Å². The fraction of sp³-hybridized carbons (Fsp3) is 0.0400. The predicted octanol–water partition coefficient (Wildman–Crippen LogP) is 5.52. The van der Waals surface area contributed by atoms with Gasteiger partial charge in [0.25, 0.3) is 0 Å². The van der Waals surface area contributed by atoms with E-state index in [1.54, 1.807) is 4.68 Å². The predicted molar refractivity (Wildman–Crippen MR) is 122 cm³/mol. The second-order valence-corrected chi connectivity index (χ2v) is 8.07. The molecule has 0 bridgehead atoms. The van der Waals surface area contributed by atoms with Crippen molar-refractivity contribution in [2.24, 2.45) is 5.73 Å². The van der Waals surface area contributed by atoms with E-state index >= 15 is 0 Å². The highest BCUT2D eigenvalue weighted by atomic mass is 79.9. The van der Waals surface area contributed by atoms with Gasteiger partial charge in [-0.05, 0) is 29.8 Å². The Morgan fingerprint density at radius 2 is 1.58 bits per heavy atom. The minimum Gasteiger partial charge on any atom is -0.422 e. The van der Waals surface area contributed by atoms with E-state index in [1.165, 1.54) is 0 Å². The molecule has 31 heavy (non-hydrogen) atoms. The Bertz CT molecular complexity index is 1320. The molecule has 5 rings (SSSR count). The van der Waals surface area contributed by atoms with Gasteiger partial charge >= 0.3 is 0 Å². The van der Waals surface area contributed by atoms with Crippen LogP contribution in [0.25, 0.3) is 16.9 Å². The third-order valence-electron chi connectivity index (χ3n) is 5.30. The van der Waals surface area contributed by atoms with Crippen LogP contribution in [0.5, 0.6) is 5.88 Å². The Morgan fingerprint density at radius 3 is 2.23 bits per heavy atom. The van der Waals surface area contributed by atoms with Gasteiger partial charge in [0.1, 0.15) is 17.3 Å². The Kier molecular flexibility index (Phi) is 4.81. The van der Waals surface area contributed by atoms with Gasteiger partial charge < -0.3 is 10.5 Å². The van der Waals surface area contributed by atoms with E-state index in [9.17, 15) is 5.26 Å². The summed E-state index contributed by atoms with van der Waals surface area (Å²) in [6.45, 7) is 0. The van der Waals surface area contributed by atoms with E-state index in [0.717, 1.165) is 32.5 Å². The molecule has 2 N–H and O–H groups in total. The molecule has 0 saturated carbocycles. The number of benzene rings is 3. The minimum absolute atomic E-state index is 0.0969. The molecule has 0 amide bonds. The first-order valence-electron chi connectivity index (χ1n) is 9.74. The Morgan fingerprint density at radius 1 is 0.935 bits per heavy atom. The van der Waals surface area contributed by atoms with E-state index < -0.39 is 5.92 Å². The first-order valence-corrected chi connectivity index (χ1v) is 10.5. The second-order valence-electron chi connectivity index (χ2n) is 7.16. The van der Waals surface area contributed by atoms with Gasteiger partial charge in [-0.15, -0.1) is 0 Å². The minimum atomic E-state index is -0.394. The molecule has 3 aromatic carbocycles. The molecular weight excluding hydrogens is 452 g/mol. The van der Waals surface area contributed by atoms with Gasteiger partial charge in [-0.25, -0.2) is 0 Å². The highest BCUT2D eigenvalue weighted by Crippen LogP contribution is 2.47. The zero-order valence-electron chi connectivity index (χ0n) is 16.4. The first kappa shape index (κ1) is 19.2. The molecule has 2 heterocycles. The molecule has 0 spiro atoms. The van der Waals surface area contributed by atoms with Crippen molar-refractivity contribution in [3.8, 4) is 28.9 Å². The number of nitriles is 1. The summed E-state index contributed by atoms with van der Waals surface area (Å²) in [5, 5.41) is 14.9. The lowest BCUT2D eigenvalue weighted by Gasteiger charge is -2.25. The molecule has 0 saturated heterocycles. The van der Waals surface area contributed by atoms with Crippen molar-refractivity contribution < 1.29 is 4.74 Å². The molecule has 1 aliphatic rings. The zero-order chi connectivity index (χ0) is 21.4. The maximum absolute atomic E-state index is 9.95. The van der Waals surface area contributed by atoms with Crippen molar-refractivity contribution in [2.45, 2.75) is 5.92 Å². The maximum Gasteiger partial charge on any atom is 0.229 e. The highest BCUT2D eigenvalue weighted by molar-refractivity contribution is 9.10. The molecule has 5 nitrogen and oxygen atoms in total. The normalized spacial score (nSPS) is 15.2. The number of rotatable bonds is 3. The van der Waals surface area contributed by atoms with Crippen LogP contribution in [0, 0.1) is 11.3 Å². The molecule has 0 unspecified atom stereocenters. The number of para-hydroxylation sites is 1. The van der Waals surface area contributed by atoms with Gasteiger partial charge in [0.15, 0.2) is 0 Å². The van der Waals surface area contributed by atoms with E-state index in [0.29, 0.717) is 11.5 Å². The van der Waals surface area contributed by atoms with Gasteiger partial charge in [0.2, 0.25) is 11.8 Å². The van der Waals surface area contributed by atoms with Crippen LogP contribution >= 0.6 is 15.9 Å². The van der Waals surface area contributed by atoms with E-state index in [4.69, 9.17) is 15.6 Å². The van der Waals surface area contributed by atoms with Gasteiger partial charge in [-0.1, -0.05) is 76.6 Å². The van der Waals surface area contributed by atoms with Gasteiger partial charge in [0, 0.05) is 10.0 Å². The molecule has 4 aromatic rings. The van der Waals surface area contributed by atoms with Crippen LogP contribution in [0.1, 0.15) is 17.0 Å². The molecule has 0 aliphatic carbocycles. The lowest BCUT2D eigenvalue weighted by Crippen LogP contribution is -2.22. The average Bonchev–Trinajstić information content (AvgIpc) is 3.19. The van der Waals surface area contributed by atoms with Gasteiger partial charge in [0.05, 0.1) is 17.2 Å². The summed E-state index contributed by atoms with van der Waals surface area (Å²) in [5.41, 5.74) is 10.9. The third-order valence-corrected chi connectivity index (χ3v) is 5.83. The van der Waals surface area contributed by atoms with Crippen LogP contribution in [0.4, 0.5) is 0 Å². The quantitative estimate of drug-likeness (QED) is 0.429. The zero-order valence-corrected chi connectivity index (χ0v) is 18.0. The first-order chi connectivity index (χ1) is 15.2. The van der Waals surface area contributed by atoms with Crippen LogP contribution in [0.3, 0.4) is 0 Å². The number of aromatic nitrogens is 2. The van der Waals surface area contributed by atoms with E-state index in [-0.39, 0.29) is 5.88 Å². The smallest absolute Gasteiger partial charge is 0.229 e. The van der Waals surface area contributed by atoms with Crippen LogP contribution < -0.4 is 10.5 Å². The number of halogens is 1. The number of ether oxygens (including phenoxy) is 1. The number of allylic oxidation sites excluding steroid dienone is 1. The summed E-state index contributed by atoms with van der Waals surface area (Å²) in [4.78, 5) is 0. The number of hydrogen-bond donors (Lipinski definition) is 1. The molecule has 0 radical (unpaired) electrons. The Balaban J connectivity index is 1.83. The highest BCUT2D eigenvalue weighted by Gasteiger charge is 2.37. The summed E-state index contributed by atoms with van der Waals surface area (Å²) < 4.78 is 8.74. The van der Waals surface area contributed by atoms with E-state index in [2.05, 4.69) is 22.0 Å². The SMILES string of the molecule is N#CC1=C(N)Oc2c(c(-c3ccccc3)nn2-c2ccccc2)[C@@H]1c1ccc(Br)cc1. The lowest BCUT2D eigenvalue weighted by atomic mass is 9.83. The summed E-state index contributed by atoms with van der Waals surface area (Å²) in [6, 6.07) is 29.8. The molecule has 150 valence electrons. The van der Waals surface area contributed by atoms with Crippen molar-refractivity contribution in [1.29, 1.82) is 5.26 Å². The summed E-state index contributed by atoms with van der Waals surface area (Å²) >= 11 is 3.49. The van der Waals surface area contributed by atoms with Crippen LogP contribution in [0.2, 0.25) is 0 Å². The van der Waals surface area contributed by atoms with Gasteiger partial charge in [-0.2, -0.15) is 15.0 Å². The van der Waals surface area contributed by atoms with Crippen molar-refractivity contribution in [1.82, 2.24) is 9.78 Å². The van der Waals surface area contributed by atoms with Crippen LogP contribution in [-0.2, 0) is 0 Å². The molecule has 1 aliphatic heterocycles. The molecule has 1 aromatic heterocycles. The number of nitrogens with two attached hydrogens (primary N) is 1. The fourth-order valence-electron chi connectivity index (χ4n) is 3.88. The molecule has 0 fully saturated rings.